The highest BCUT2D eigenvalue weighted by atomic mass is 17.2. The quantitative estimate of drug-likeness (QED) is 0.200. The predicted molar refractivity (Wildman–Crippen MR) is 123 cm³/mol. The molecule has 168 valence electrons. The van der Waals surface area contributed by atoms with Gasteiger partial charge in [-0.15, -0.1) is 0 Å². The summed E-state index contributed by atoms with van der Waals surface area (Å²) in [6, 6.07) is 5.19. The maximum atomic E-state index is 10.3. The number of benzene rings is 1. The highest BCUT2D eigenvalue weighted by Gasteiger charge is 2.19. The van der Waals surface area contributed by atoms with Gasteiger partial charge in [0.1, 0.15) is 12.4 Å². The summed E-state index contributed by atoms with van der Waals surface area (Å²) < 4.78 is 5.79. The Hall–Kier alpha value is -2.95. The third-order valence-corrected chi connectivity index (χ3v) is 5.57. The van der Waals surface area contributed by atoms with E-state index in [1.807, 2.05) is 13.0 Å². The van der Waals surface area contributed by atoms with Crippen molar-refractivity contribution in [3.8, 4) is 11.5 Å². The van der Waals surface area contributed by atoms with E-state index in [4.69, 9.17) is 9.62 Å². The lowest BCUT2D eigenvalue weighted by Gasteiger charge is -2.24. The molecule has 1 N–H and O–H groups in total. The topological polar surface area (TPSA) is 65.0 Å². The second kappa shape index (κ2) is 10.9. The van der Waals surface area contributed by atoms with Crippen molar-refractivity contribution in [2.24, 2.45) is 5.92 Å². The van der Waals surface area contributed by atoms with Crippen LogP contribution in [0.25, 0.3) is 0 Å². The number of hydrogen-bond donors (Lipinski definition) is 1. The molecule has 0 radical (unpaired) electrons. The molecule has 0 saturated carbocycles. The van der Waals surface area contributed by atoms with Crippen LogP contribution >= 0.6 is 0 Å². The number of hydrogen-bond acceptors (Lipinski definition) is 5. The zero-order valence-electron chi connectivity index (χ0n) is 19.5. The van der Waals surface area contributed by atoms with E-state index in [9.17, 15) is 9.90 Å². The van der Waals surface area contributed by atoms with Crippen LogP contribution in [0.1, 0.15) is 65.9 Å². The molecule has 0 saturated heterocycles. The average Bonchev–Trinajstić information content (AvgIpc) is 2.69. The number of aromatic hydroxyl groups is 1. The summed E-state index contributed by atoms with van der Waals surface area (Å²) in [5, 5.41) is 10.3. The Bertz CT molecular complexity index is 918. The van der Waals surface area contributed by atoms with Crippen molar-refractivity contribution >= 4 is 6.47 Å². The molecule has 0 aliphatic carbocycles. The Morgan fingerprint density at radius 2 is 2.00 bits per heavy atom. The monoisotopic (exact) mass is 426 g/mol. The first-order valence-corrected chi connectivity index (χ1v) is 10.6. The van der Waals surface area contributed by atoms with Gasteiger partial charge in [0, 0.05) is 5.57 Å². The number of allylic oxidation sites excluding steroid dienone is 6. The van der Waals surface area contributed by atoms with Gasteiger partial charge in [-0.25, -0.2) is 0 Å². The number of carbonyl (C=O) groups excluding carboxylic acids is 1. The molecule has 1 aliphatic rings. The SMILES string of the molecule is C=C(/C=C(/C)CC(CC(C)C)c1ccc(OOC=O)c(O)c1)C1=C(C)OCC(C)=C1C. The third kappa shape index (κ3) is 6.51. The maximum absolute atomic E-state index is 10.3. The summed E-state index contributed by atoms with van der Waals surface area (Å²) in [4.78, 5) is 19.4. The molecule has 1 aromatic carbocycles. The van der Waals surface area contributed by atoms with Crippen LogP contribution in [0.3, 0.4) is 0 Å². The molecule has 1 aliphatic heterocycles. The first-order chi connectivity index (χ1) is 14.6. The van der Waals surface area contributed by atoms with E-state index in [-0.39, 0.29) is 23.9 Å². The van der Waals surface area contributed by atoms with Crippen LogP contribution in [-0.4, -0.2) is 18.2 Å². The van der Waals surface area contributed by atoms with Gasteiger partial charge in [0.25, 0.3) is 0 Å². The van der Waals surface area contributed by atoms with Crippen molar-refractivity contribution < 1.29 is 24.4 Å². The Labute approximate surface area is 185 Å². The lowest BCUT2D eigenvalue weighted by atomic mass is 9.84. The van der Waals surface area contributed by atoms with Gasteiger partial charge in [0.05, 0.1) is 0 Å². The molecule has 5 heteroatoms. The first kappa shape index (κ1) is 24.3. The lowest BCUT2D eigenvalue weighted by Crippen LogP contribution is -2.09. The molecular weight excluding hydrogens is 392 g/mol. The number of phenolic OH excluding ortho intramolecular Hbond substituents is 1. The second-order valence-corrected chi connectivity index (χ2v) is 8.67. The minimum Gasteiger partial charge on any atom is -0.504 e. The molecule has 0 fully saturated rings. The van der Waals surface area contributed by atoms with Crippen LogP contribution in [0.15, 0.2) is 64.5 Å². The zero-order valence-corrected chi connectivity index (χ0v) is 19.5. The molecule has 0 spiro atoms. The van der Waals surface area contributed by atoms with Gasteiger partial charge in [0.2, 0.25) is 5.75 Å². The van der Waals surface area contributed by atoms with Crippen LogP contribution in [0.4, 0.5) is 0 Å². The highest BCUT2D eigenvalue weighted by molar-refractivity contribution is 5.54. The van der Waals surface area contributed by atoms with Crippen LogP contribution in [0.5, 0.6) is 11.5 Å². The summed E-state index contributed by atoms with van der Waals surface area (Å²) in [5.74, 6) is 1.66. The maximum Gasteiger partial charge on any atom is 0.343 e. The Morgan fingerprint density at radius 1 is 1.29 bits per heavy atom. The molecule has 1 heterocycles. The van der Waals surface area contributed by atoms with Crippen molar-refractivity contribution in [3.05, 3.63) is 70.0 Å². The molecule has 0 amide bonds. The van der Waals surface area contributed by atoms with Gasteiger partial charge in [-0.05, 0) is 86.8 Å². The average molecular weight is 427 g/mol. The van der Waals surface area contributed by atoms with E-state index in [1.54, 1.807) is 12.1 Å². The molecule has 0 bridgehead atoms. The smallest absolute Gasteiger partial charge is 0.343 e. The van der Waals surface area contributed by atoms with E-state index >= 15 is 0 Å². The highest BCUT2D eigenvalue weighted by Crippen LogP contribution is 2.37. The van der Waals surface area contributed by atoms with E-state index in [2.05, 4.69) is 52.2 Å². The van der Waals surface area contributed by atoms with Crippen molar-refractivity contribution in [1.29, 1.82) is 0 Å². The number of carbonyl (C=O) groups is 1. The number of phenols is 1. The standard InChI is InChI=1S/C26H34O5/c1-16(2)10-23(22-8-9-25(24(28)13-22)31-30-15-27)12-17(3)11-18(4)26-20(6)19(5)14-29-21(26)7/h8-9,11,13,15-16,23,28H,4,10,12,14H2,1-3,5-7H3/b17-11-. The fraction of sp³-hybridized carbons (Fsp3) is 0.423. The fourth-order valence-corrected chi connectivity index (χ4v) is 4.00. The van der Waals surface area contributed by atoms with Gasteiger partial charge in [-0.2, -0.15) is 0 Å². The fourth-order valence-electron chi connectivity index (χ4n) is 4.00. The minimum absolute atomic E-state index is 0.0597. The van der Waals surface area contributed by atoms with Crippen LogP contribution < -0.4 is 4.89 Å². The normalized spacial score (nSPS) is 15.6. The molecule has 1 aromatic rings. The van der Waals surface area contributed by atoms with Crippen molar-refractivity contribution in [2.75, 3.05) is 6.61 Å². The molecule has 2 rings (SSSR count). The molecule has 31 heavy (non-hydrogen) atoms. The van der Waals surface area contributed by atoms with Crippen LogP contribution in [-0.2, 0) is 14.4 Å². The summed E-state index contributed by atoms with van der Waals surface area (Å²) in [7, 11) is 0. The van der Waals surface area contributed by atoms with E-state index in [1.165, 1.54) is 16.7 Å². The second-order valence-electron chi connectivity index (χ2n) is 8.67. The van der Waals surface area contributed by atoms with E-state index in [0.717, 1.165) is 35.3 Å². The largest absolute Gasteiger partial charge is 0.504 e. The lowest BCUT2D eigenvalue weighted by molar-refractivity contribution is -0.197. The Morgan fingerprint density at radius 3 is 2.61 bits per heavy atom. The van der Waals surface area contributed by atoms with Gasteiger partial charge < -0.3 is 9.84 Å². The van der Waals surface area contributed by atoms with Gasteiger partial charge in [-0.1, -0.05) is 38.1 Å². The van der Waals surface area contributed by atoms with Crippen molar-refractivity contribution in [2.45, 2.75) is 60.3 Å². The number of rotatable bonds is 10. The predicted octanol–water partition coefficient (Wildman–Crippen LogP) is 6.52. The summed E-state index contributed by atoms with van der Waals surface area (Å²) in [6.07, 6.45) is 3.93. The van der Waals surface area contributed by atoms with E-state index in [0.29, 0.717) is 12.5 Å². The van der Waals surface area contributed by atoms with Crippen molar-refractivity contribution in [1.82, 2.24) is 0 Å². The Kier molecular flexibility index (Phi) is 8.55. The molecule has 5 nitrogen and oxygen atoms in total. The molecule has 1 atom stereocenters. The molecule has 0 aromatic heterocycles. The van der Waals surface area contributed by atoms with Gasteiger partial charge in [0.15, 0.2) is 5.75 Å². The number of ether oxygens (including phenoxy) is 1. The zero-order chi connectivity index (χ0) is 23.1. The van der Waals surface area contributed by atoms with Crippen molar-refractivity contribution in [3.63, 3.8) is 0 Å². The summed E-state index contributed by atoms with van der Waals surface area (Å²) in [6.45, 7) is 17.8. The Balaban J connectivity index is 2.25. The minimum atomic E-state index is -0.0597. The molecule has 1 unspecified atom stereocenters. The molecular formula is C26H34O5. The first-order valence-electron chi connectivity index (χ1n) is 10.6. The van der Waals surface area contributed by atoms with Crippen LogP contribution in [0.2, 0.25) is 0 Å². The summed E-state index contributed by atoms with van der Waals surface area (Å²) >= 11 is 0. The summed E-state index contributed by atoms with van der Waals surface area (Å²) in [5.41, 5.74) is 6.70. The third-order valence-electron chi connectivity index (χ3n) is 5.57. The van der Waals surface area contributed by atoms with Gasteiger partial charge in [-0.3, -0.25) is 14.6 Å². The van der Waals surface area contributed by atoms with Crippen LogP contribution in [0, 0.1) is 5.92 Å². The van der Waals surface area contributed by atoms with Gasteiger partial charge >= 0.3 is 6.47 Å². The van der Waals surface area contributed by atoms with E-state index < -0.39 is 0 Å².